The summed E-state index contributed by atoms with van der Waals surface area (Å²) in [7, 11) is 2.99. The van der Waals surface area contributed by atoms with Crippen LogP contribution in [0, 0.1) is 5.82 Å². The fraction of sp³-hybridized carbons (Fsp3) is 0.200. The fourth-order valence-corrected chi connectivity index (χ4v) is 2.45. The van der Waals surface area contributed by atoms with Gasteiger partial charge in [-0.05, 0) is 40.2 Å². The molecule has 2 rings (SSSR count). The van der Waals surface area contributed by atoms with Crippen LogP contribution in [0.3, 0.4) is 0 Å². The maximum atomic E-state index is 14.0. The van der Waals surface area contributed by atoms with Gasteiger partial charge in [0.1, 0.15) is 23.4 Å². The second-order valence-corrected chi connectivity index (χ2v) is 5.56. The molecule has 0 aliphatic heterocycles. The molecule has 6 heteroatoms. The summed E-state index contributed by atoms with van der Waals surface area (Å²) in [5.74, 6) is 0.425. The summed E-state index contributed by atoms with van der Waals surface area (Å²) in [6.45, 7) is 0. The summed E-state index contributed by atoms with van der Waals surface area (Å²) in [4.78, 5) is 0. The van der Waals surface area contributed by atoms with Crippen molar-refractivity contribution in [3.63, 3.8) is 0 Å². The standard InChI is InChI=1S/C15H13BrClFO3/c1-20-8-3-4-9(14(5-8)21-2)15(19)10-6-12(17)11(16)7-13(10)18/h3-7,15,19H,1-2H3. The van der Waals surface area contributed by atoms with Crippen molar-refractivity contribution in [2.45, 2.75) is 6.10 Å². The van der Waals surface area contributed by atoms with Crippen molar-refractivity contribution in [3.05, 3.63) is 56.8 Å². The zero-order chi connectivity index (χ0) is 15.6. The SMILES string of the molecule is COc1ccc(C(O)c2cc(Cl)c(Br)cc2F)c(OC)c1. The molecule has 112 valence electrons. The van der Waals surface area contributed by atoms with Crippen LogP contribution in [0.25, 0.3) is 0 Å². The Hall–Kier alpha value is -1.30. The predicted octanol–water partition coefficient (Wildman–Crippen LogP) is 4.34. The van der Waals surface area contributed by atoms with Crippen LogP contribution >= 0.6 is 27.5 Å². The molecule has 0 saturated heterocycles. The zero-order valence-corrected chi connectivity index (χ0v) is 13.7. The van der Waals surface area contributed by atoms with Crippen LogP contribution in [0.1, 0.15) is 17.2 Å². The van der Waals surface area contributed by atoms with Gasteiger partial charge in [0.2, 0.25) is 0 Å². The van der Waals surface area contributed by atoms with E-state index in [1.165, 1.54) is 26.4 Å². The molecule has 0 aromatic heterocycles. The van der Waals surface area contributed by atoms with Gasteiger partial charge in [0.05, 0.1) is 19.2 Å². The Bertz CT molecular complexity index is 664. The highest BCUT2D eigenvalue weighted by molar-refractivity contribution is 9.10. The first-order valence-electron chi connectivity index (χ1n) is 6.02. The fourth-order valence-electron chi connectivity index (χ4n) is 1.96. The number of hydrogen-bond donors (Lipinski definition) is 1. The van der Waals surface area contributed by atoms with Crippen molar-refractivity contribution < 1.29 is 19.0 Å². The van der Waals surface area contributed by atoms with Crippen molar-refractivity contribution in [3.8, 4) is 11.5 Å². The summed E-state index contributed by atoms with van der Waals surface area (Å²) < 4.78 is 24.8. The molecule has 0 spiro atoms. The number of aliphatic hydroxyl groups excluding tert-OH is 1. The molecule has 0 aliphatic rings. The van der Waals surface area contributed by atoms with Gasteiger partial charge < -0.3 is 14.6 Å². The van der Waals surface area contributed by atoms with Crippen LogP contribution in [-0.4, -0.2) is 19.3 Å². The molecular formula is C15H13BrClFO3. The lowest BCUT2D eigenvalue weighted by Crippen LogP contribution is -2.05. The molecular weight excluding hydrogens is 363 g/mol. The van der Waals surface area contributed by atoms with Crippen LogP contribution in [0.4, 0.5) is 4.39 Å². The first-order valence-corrected chi connectivity index (χ1v) is 7.19. The molecule has 0 aliphatic carbocycles. The highest BCUT2D eigenvalue weighted by Gasteiger charge is 2.21. The van der Waals surface area contributed by atoms with Gasteiger partial charge in [0.25, 0.3) is 0 Å². The van der Waals surface area contributed by atoms with Gasteiger partial charge in [0, 0.05) is 21.7 Å². The number of methoxy groups -OCH3 is 2. The van der Waals surface area contributed by atoms with E-state index in [1.54, 1.807) is 18.2 Å². The maximum Gasteiger partial charge on any atom is 0.130 e. The average molecular weight is 376 g/mol. The molecule has 0 radical (unpaired) electrons. The highest BCUT2D eigenvalue weighted by atomic mass is 79.9. The monoisotopic (exact) mass is 374 g/mol. The largest absolute Gasteiger partial charge is 0.497 e. The number of hydrogen-bond acceptors (Lipinski definition) is 3. The Morgan fingerprint density at radius 3 is 2.48 bits per heavy atom. The van der Waals surface area contributed by atoms with E-state index >= 15 is 0 Å². The second kappa shape index (κ2) is 6.64. The molecule has 0 amide bonds. The third-order valence-corrected chi connectivity index (χ3v) is 4.27. The molecule has 3 nitrogen and oxygen atoms in total. The van der Waals surface area contributed by atoms with E-state index in [0.717, 1.165) is 0 Å². The Balaban J connectivity index is 2.49. The molecule has 0 saturated carbocycles. The molecule has 0 heterocycles. The van der Waals surface area contributed by atoms with Crippen LogP contribution in [-0.2, 0) is 0 Å². The van der Waals surface area contributed by atoms with Gasteiger partial charge in [0.15, 0.2) is 0 Å². The molecule has 1 unspecified atom stereocenters. The third kappa shape index (κ3) is 3.31. The molecule has 1 N–H and O–H groups in total. The smallest absolute Gasteiger partial charge is 0.130 e. The van der Waals surface area contributed by atoms with Gasteiger partial charge in [-0.25, -0.2) is 4.39 Å². The minimum atomic E-state index is -1.20. The van der Waals surface area contributed by atoms with Crippen molar-refractivity contribution >= 4 is 27.5 Å². The summed E-state index contributed by atoms with van der Waals surface area (Å²) in [6, 6.07) is 7.51. The molecule has 0 bridgehead atoms. The van der Waals surface area contributed by atoms with E-state index < -0.39 is 11.9 Å². The van der Waals surface area contributed by atoms with Gasteiger partial charge in [-0.2, -0.15) is 0 Å². The van der Waals surface area contributed by atoms with Gasteiger partial charge in [-0.1, -0.05) is 11.6 Å². The van der Waals surface area contributed by atoms with E-state index in [1.807, 2.05) is 0 Å². The van der Waals surface area contributed by atoms with E-state index in [9.17, 15) is 9.50 Å². The number of rotatable bonds is 4. The topological polar surface area (TPSA) is 38.7 Å². The van der Waals surface area contributed by atoms with Gasteiger partial charge in [-0.15, -0.1) is 0 Å². The molecule has 2 aromatic carbocycles. The Morgan fingerprint density at radius 2 is 1.86 bits per heavy atom. The zero-order valence-electron chi connectivity index (χ0n) is 11.4. The first kappa shape index (κ1) is 16.1. The molecule has 21 heavy (non-hydrogen) atoms. The Morgan fingerprint density at radius 1 is 1.14 bits per heavy atom. The van der Waals surface area contributed by atoms with Gasteiger partial charge in [-0.3, -0.25) is 0 Å². The van der Waals surface area contributed by atoms with E-state index in [4.69, 9.17) is 21.1 Å². The minimum Gasteiger partial charge on any atom is -0.497 e. The van der Waals surface area contributed by atoms with Crippen molar-refractivity contribution in [2.75, 3.05) is 14.2 Å². The highest BCUT2D eigenvalue weighted by Crippen LogP contribution is 2.36. The second-order valence-electron chi connectivity index (χ2n) is 4.30. The van der Waals surface area contributed by atoms with E-state index in [2.05, 4.69) is 15.9 Å². The van der Waals surface area contributed by atoms with Crippen LogP contribution in [0.2, 0.25) is 5.02 Å². The summed E-state index contributed by atoms with van der Waals surface area (Å²) in [5, 5.41) is 10.7. The third-order valence-electron chi connectivity index (χ3n) is 3.07. The lowest BCUT2D eigenvalue weighted by molar-refractivity contribution is 0.209. The van der Waals surface area contributed by atoms with Crippen molar-refractivity contribution in [1.82, 2.24) is 0 Å². The Labute approximate surface area is 135 Å². The summed E-state index contributed by atoms with van der Waals surface area (Å²) in [6.07, 6.45) is -1.20. The van der Waals surface area contributed by atoms with Crippen LogP contribution in [0.15, 0.2) is 34.8 Å². The predicted molar refractivity (Wildman–Crippen MR) is 82.7 cm³/mol. The van der Waals surface area contributed by atoms with E-state index in [-0.39, 0.29) is 5.56 Å². The van der Waals surface area contributed by atoms with Crippen molar-refractivity contribution in [2.24, 2.45) is 0 Å². The number of aliphatic hydroxyl groups is 1. The summed E-state index contributed by atoms with van der Waals surface area (Å²) in [5.41, 5.74) is 0.502. The number of benzene rings is 2. The Kier molecular flexibility index (Phi) is 5.08. The van der Waals surface area contributed by atoms with E-state index in [0.29, 0.717) is 26.6 Å². The molecule has 2 aromatic rings. The average Bonchev–Trinajstić information content (AvgIpc) is 2.49. The maximum absolute atomic E-state index is 14.0. The first-order chi connectivity index (χ1) is 9.97. The van der Waals surface area contributed by atoms with Crippen LogP contribution in [0.5, 0.6) is 11.5 Å². The van der Waals surface area contributed by atoms with Gasteiger partial charge >= 0.3 is 0 Å². The lowest BCUT2D eigenvalue weighted by atomic mass is 10.00. The lowest BCUT2D eigenvalue weighted by Gasteiger charge is -2.17. The quantitative estimate of drug-likeness (QED) is 0.808. The normalized spacial score (nSPS) is 12.1. The number of ether oxygens (including phenoxy) is 2. The molecule has 0 fully saturated rings. The minimum absolute atomic E-state index is 0.0756. The molecule has 1 atom stereocenters. The van der Waals surface area contributed by atoms with Crippen molar-refractivity contribution in [1.29, 1.82) is 0 Å². The number of halogens is 3. The summed E-state index contributed by atoms with van der Waals surface area (Å²) >= 11 is 9.10. The van der Waals surface area contributed by atoms with Crippen LogP contribution < -0.4 is 9.47 Å².